The number of halogens is 2. The van der Waals surface area contributed by atoms with Crippen LogP contribution < -0.4 is 10.6 Å². The SMILES string of the molecule is N/C(=N\O)c1ccc(N2[C@@H]3CC[C@H]2CC(OCc2c(-c4c(F)cccc4F)noc2C2CC2)C3)nc1. The molecule has 3 N–H and O–H groups in total. The number of ether oxygens (including phenoxy) is 1. The molecule has 1 saturated carbocycles. The van der Waals surface area contributed by atoms with Crippen molar-refractivity contribution in [3.05, 3.63) is 65.1 Å². The molecule has 3 aliphatic rings. The molecule has 2 aliphatic heterocycles. The number of rotatable bonds is 7. The molecule has 0 spiro atoms. The van der Waals surface area contributed by atoms with Crippen LogP contribution in [0.5, 0.6) is 0 Å². The van der Waals surface area contributed by atoms with Crippen LogP contribution in [0, 0.1) is 11.6 Å². The molecule has 8 nitrogen and oxygen atoms in total. The Hall–Kier alpha value is -3.53. The number of anilines is 1. The van der Waals surface area contributed by atoms with Crippen molar-refractivity contribution in [1.82, 2.24) is 10.1 Å². The second-order valence-corrected chi connectivity index (χ2v) is 9.83. The monoisotopic (exact) mass is 495 g/mol. The summed E-state index contributed by atoms with van der Waals surface area (Å²) in [6, 6.07) is 8.06. The smallest absolute Gasteiger partial charge is 0.171 e. The molecule has 3 atom stereocenters. The maximum absolute atomic E-state index is 14.5. The van der Waals surface area contributed by atoms with Gasteiger partial charge in [0.1, 0.15) is 28.9 Å². The minimum Gasteiger partial charge on any atom is -0.409 e. The summed E-state index contributed by atoms with van der Waals surface area (Å²) in [6.07, 6.45) is 7.32. The van der Waals surface area contributed by atoms with Crippen LogP contribution in [-0.2, 0) is 11.3 Å². The molecule has 2 bridgehead atoms. The Morgan fingerprint density at radius 3 is 2.44 bits per heavy atom. The van der Waals surface area contributed by atoms with E-state index >= 15 is 0 Å². The number of oxime groups is 1. The molecule has 1 unspecified atom stereocenters. The Kier molecular flexibility index (Phi) is 5.83. The maximum Gasteiger partial charge on any atom is 0.171 e. The lowest BCUT2D eigenvalue weighted by atomic mass is 9.99. The van der Waals surface area contributed by atoms with Crippen LogP contribution in [0.4, 0.5) is 14.6 Å². The highest BCUT2D eigenvalue weighted by molar-refractivity contribution is 5.96. The number of pyridine rings is 1. The van der Waals surface area contributed by atoms with Gasteiger partial charge in [-0.2, -0.15) is 0 Å². The van der Waals surface area contributed by atoms with E-state index in [0.717, 1.165) is 44.3 Å². The van der Waals surface area contributed by atoms with Crippen LogP contribution in [0.15, 0.2) is 46.2 Å². The highest BCUT2D eigenvalue weighted by Gasteiger charge is 2.42. The van der Waals surface area contributed by atoms with E-state index in [2.05, 4.69) is 20.2 Å². The number of nitrogens with zero attached hydrogens (tertiary/aromatic N) is 4. The summed E-state index contributed by atoms with van der Waals surface area (Å²) in [4.78, 5) is 6.88. The molecule has 188 valence electrons. The largest absolute Gasteiger partial charge is 0.409 e. The second-order valence-electron chi connectivity index (χ2n) is 9.83. The van der Waals surface area contributed by atoms with Crippen LogP contribution in [0.1, 0.15) is 61.3 Å². The van der Waals surface area contributed by atoms with Gasteiger partial charge in [-0.15, -0.1) is 0 Å². The maximum atomic E-state index is 14.5. The lowest BCUT2D eigenvalue weighted by Gasteiger charge is -2.39. The molecule has 2 saturated heterocycles. The van der Waals surface area contributed by atoms with Crippen LogP contribution in [0.2, 0.25) is 0 Å². The van der Waals surface area contributed by atoms with Gasteiger partial charge in [-0.05, 0) is 62.8 Å². The Morgan fingerprint density at radius 2 is 1.83 bits per heavy atom. The van der Waals surface area contributed by atoms with Gasteiger partial charge in [-0.3, -0.25) is 0 Å². The lowest BCUT2D eigenvalue weighted by molar-refractivity contribution is 0.0146. The Labute approximate surface area is 206 Å². The van der Waals surface area contributed by atoms with E-state index in [9.17, 15) is 8.78 Å². The summed E-state index contributed by atoms with van der Waals surface area (Å²) in [5.74, 6) is 0.480. The van der Waals surface area contributed by atoms with Gasteiger partial charge in [0.2, 0.25) is 0 Å². The van der Waals surface area contributed by atoms with Gasteiger partial charge in [0.25, 0.3) is 0 Å². The van der Waals surface area contributed by atoms with Crippen molar-refractivity contribution in [2.45, 2.75) is 69.2 Å². The first-order chi connectivity index (χ1) is 17.5. The highest BCUT2D eigenvalue weighted by atomic mass is 19.1. The zero-order chi connectivity index (χ0) is 24.8. The number of piperidine rings is 1. The molecule has 1 aliphatic carbocycles. The average molecular weight is 496 g/mol. The zero-order valence-corrected chi connectivity index (χ0v) is 19.6. The van der Waals surface area contributed by atoms with Crippen molar-refractivity contribution in [2.24, 2.45) is 10.9 Å². The van der Waals surface area contributed by atoms with E-state index < -0.39 is 11.6 Å². The van der Waals surface area contributed by atoms with Crippen molar-refractivity contribution in [3.8, 4) is 11.3 Å². The number of benzene rings is 1. The Balaban J connectivity index is 1.18. The molecule has 2 aromatic heterocycles. The topological polar surface area (TPSA) is 110 Å². The van der Waals surface area contributed by atoms with E-state index in [4.69, 9.17) is 20.2 Å². The van der Waals surface area contributed by atoms with Crippen molar-refractivity contribution >= 4 is 11.7 Å². The van der Waals surface area contributed by atoms with Crippen LogP contribution in [0.25, 0.3) is 11.3 Å². The molecule has 0 radical (unpaired) electrons. The number of amidine groups is 1. The first kappa shape index (κ1) is 22.9. The number of hydrogen-bond acceptors (Lipinski definition) is 7. The van der Waals surface area contributed by atoms with E-state index in [1.165, 1.54) is 18.2 Å². The molecule has 1 aromatic carbocycles. The third-order valence-electron chi connectivity index (χ3n) is 7.54. The normalized spacial score (nSPS) is 23.9. The molecule has 0 amide bonds. The summed E-state index contributed by atoms with van der Waals surface area (Å²) in [7, 11) is 0. The standard InChI is InChI=1S/C26H27F2N5O3/c27-20-2-1-3-21(28)23(20)24-19(25(36-32-24)14-4-5-14)13-35-18-10-16-7-8-17(11-18)33(16)22-9-6-15(12-30-22)26(29)31-34/h1-3,6,9,12,14,16-18,34H,4-5,7-8,10-11,13H2,(H2,29,31)/t16-,17+,18?. The lowest BCUT2D eigenvalue weighted by Crippen LogP contribution is -2.46. The summed E-state index contributed by atoms with van der Waals surface area (Å²) >= 11 is 0. The predicted molar refractivity (Wildman–Crippen MR) is 128 cm³/mol. The molecular weight excluding hydrogens is 468 g/mol. The fourth-order valence-electron chi connectivity index (χ4n) is 5.63. The Bertz CT molecular complexity index is 1260. The fourth-order valence-corrected chi connectivity index (χ4v) is 5.63. The summed E-state index contributed by atoms with van der Waals surface area (Å²) in [6.45, 7) is 0.204. The van der Waals surface area contributed by atoms with Crippen LogP contribution in [-0.4, -0.2) is 39.4 Å². The average Bonchev–Trinajstić information content (AvgIpc) is 3.59. The molecule has 10 heteroatoms. The number of aromatic nitrogens is 2. The molecule has 4 heterocycles. The molecule has 6 rings (SSSR count). The first-order valence-corrected chi connectivity index (χ1v) is 12.3. The molecule has 3 fully saturated rings. The highest BCUT2D eigenvalue weighted by Crippen LogP contribution is 2.45. The number of fused-ring (bicyclic) bond motifs is 2. The van der Waals surface area contributed by atoms with Gasteiger partial charge in [0, 0.05) is 35.3 Å². The van der Waals surface area contributed by atoms with Crippen molar-refractivity contribution in [3.63, 3.8) is 0 Å². The van der Waals surface area contributed by atoms with E-state index in [1.807, 2.05) is 6.07 Å². The van der Waals surface area contributed by atoms with Crippen molar-refractivity contribution < 1.29 is 23.2 Å². The van der Waals surface area contributed by atoms with Gasteiger partial charge in [-0.1, -0.05) is 16.4 Å². The van der Waals surface area contributed by atoms with Crippen LogP contribution in [0.3, 0.4) is 0 Å². The molecule has 3 aromatic rings. The number of hydrogen-bond donors (Lipinski definition) is 2. The van der Waals surface area contributed by atoms with Gasteiger partial charge < -0.3 is 25.1 Å². The second kappa shape index (κ2) is 9.16. The van der Waals surface area contributed by atoms with E-state index in [-0.39, 0.29) is 47.8 Å². The first-order valence-electron chi connectivity index (χ1n) is 12.3. The summed E-state index contributed by atoms with van der Waals surface area (Å²) in [5, 5.41) is 16.0. The van der Waals surface area contributed by atoms with Crippen molar-refractivity contribution in [1.29, 1.82) is 0 Å². The third-order valence-corrected chi connectivity index (χ3v) is 7.54. The minimum absolute atomic E-state index is 0.00969. The third kappa shape index (κ3) is 4.09. The predicted octanol–water partition coefficient (Wildman–Crippen LogP) is 4.70. The number of nitrogens with two attached hydrogens (primary N) is 1. The minimum atomic E-state index is -0.663. The Morgan fingerprint density at radius 1 is 1.11 bits per heavy atom. The quantitative estimate of drug-likeness (QED) is 0.212. The van der Waals surface area contributed by atoms with Gasteiger partial charge in [0.05, 0.1) is 18.3 Å². The van der Waals surface area contributed by atoms with E-state index in [1.54, 1.807) is 12.3 Å². The van der Waals surface area contributed by atoms with Gasteiger partial charge in [-0.25, -0.2) is 13.8 Å². The molecular formula is C26H27F2N5O3. The van der Waals surface area contributed by atoms with Gasteiger partial charge in [0.15, 0.2) is 5.84 Å². The summed E-state index contributed by atoms with van der Waals surface area (Å²) < 4.78 is 41.0. The molecule has 36 heavy (non-hydrogen) atoms. The van der Waals surface area contributed by atoms with Crippen molar-refractivity contribution in [2.75, 3.05) is 4.90 Å². The van der Waals surface area contributed by atoms with E-state index in [0.29, 0.717) is 16.9 Å². The van der Waals surface area contributed by atoms with Crippen LogP contribution >= 0.6 is 0 Å². The van der Waals surface area contributed by atoms with Gasteiger partial charge >= 0.3 is 0 Å². The fraction of sp³-hybridized carbons (Fsp3) is 0.423. The summed E-state index contributed by atoms with van der Waals surface area (Å²) in [5.41, 5.74) is 6.90. The zero-order valence-electron chi connectivity index (χ0n) is 19.6.